The molecular weight excluding hydrogens is 1120 g/mol. The predicted octanol–water partition coefficient (Wildman–Crippen LogP) is 1.29. The Morgan fingerprint density at radius 1 is 0.741 bits per heavy atom. The summed E-state index contributed by atoms with van der Waals surface area (Å²) in [4.78, 5) is 102. The van der Waals surface area contributed by atoms with Gasteiger partial charge in [-0.1, -0.05) is 45.9 Å². The Hall–Kier alpha value is -6.96. The number of hydrogen-bond acceptors (Lipinski definition) is 19. The molecule has 2 aliphatic heterocycles. The molecule has 0 aliphatic carbocycles. The Labute approximate surface area is 477 Å². The number of carboxylic acids is 3. The number of carboxylic acid groups (broad SMARTS) is 3. The van der Waals surface area contributed by atoms with Crippen molar-refractivity contribution in [2.45, 2.75) is 79.3 Å². The Morgan fingerprint density at radius 3 is 1.80 bits per heavy atom. The number of rotatable bonds is 21. The fourth-order valence-electron chi connectivity index (χ4n) is 8.58. The van der Waals surface area contributed by atoms with Crippen LogP contribution in [0.4, 0.5) is 5.69 Å². The van der Waals surface area contributed by atoms with Gasteiger partial charge >= 0.3 is 46.9 Å². The van der Waals surface area contributed by atoms with E-state index >= 15 is 0 Å². The van der Waals surface area contributed by atoms with Crippen LogP contribution in [0.5, 0.6) is 23.0 Å². The molecule has 0 saturated heterocycles. The number of esters is 2. The summed E-state index contributed by atoms with van der Waals surface area (Å²) in [5.41, 5.74) is -0.667. The van der Waals surface area contributed by atoms with E-state index in [4.69, 9.17) is 33.9 Å². The van der Waals surface area contributed by atoms with Gasteiger partial charge in [0.25, 0.3) is 11.8 Å². The van der Waals surface area contributed by atoms with Gasteiger partial charge in [-0.3, -0.25) is 43.4 Å². The third kappa shape index (κ3) is 22.8. The molecule has 29 nitrogen and oxygen atoms in total. The fourth-order valence-corrected chi connectivity index (χ4v) is 8.58. The molecule has 30 heteroatoms. The zero-order valence-corrected chi connectivity index (χ0v) is 47.1. The van der Waals surface area contributed by atoms with Gasteiger partial charge in [-0.15, -0.1) is 0 Å². The van der Waals surface area contributed by atoms with Crippen molar-refractivity contribution in [1.29, 1.82) is 0 Å². The molecule has 2 aliphatic rings. The van der Waals surface area contributed by atoms with E-state index in [9.17, 15) is 63.9 Å². The van der Waals surface area contributed by atoms with Gasteiger partial charge < -0.3 is 97.3 Å². The van der Waals surface area contributed by atoms with E-state index in [-0.39, 0.29) is 105 Å². The average Bonchev–Trinajstić information content (AvgIpc) is 3.34. The summed E-state index contributed by atoms with van der Waals surface area (Å²) in [6, 6.07) is 1.12. The van der Waals surface area contributed by atoms with Gasteiger partial charge in [0, 0.05) is 86.5 Å². The number of aliphatic carboxylic acids is 3. The maximum absolute atomic E-state index is 14.3. The summed E-state index contributed by atoms with van der Waals surface area (Å²) >= 11 is 0. The molecule has 2 aromatic carbocycles. The second kappa shape index (κ2) is 37.1. The third-order valence-corrected chi connectivity index (χ3v) is 12.7. The number of amides is 3. The summed E-state index contributed by atoms with van der Waals surface area (Å²) in [6.45, 7) is 7.36. The number of nitrogens with zero attached hydrogens (tertiary/aromatic N) is 2. The maximum Gasteiger partial charge on any atom is 2.00 e. The fraction of sp³-hybridized carbons (Fsp3) is 0.529. The van der Waals surface area contributed by atoms with Gasteiger partial charge in [0.1, 0.15) is 28.9 Å². The van der Waals surface area contributed by atoms with Crippen LogP contribution < -0.4 is 25.4 Å². The van der Waals surface area contributed by atoms with Crippen LogP contribution in [0, 0.1) is 30.6 Å². The first-order chi connectivity index (χ1) is 35.7. The van der Waals surface area contributed by atoms with Crippen LogP contribution in [-0.4, -0.2) is 191 Å². The number of allylic oxidation sites excluding steroid dienone is 2. The molecule has 0 saturated carbocycles. The van der Waals surface area contributed by atoms with Crippen molar-refractivity contribution >= 4 is 64.0 Å². The molecule has 8 atom stereocenters. The Balaban J connectivity index is -0.0000122. The molecule has 0 aromatic heterocycles. The first-order valence-corrected chi connectivity index (χ1v) is 24.2. The number of anilines is 1. The number of phenolic OH excluding ortho intramolecular Hbond substituents is 2. The number of nitrogens with one attached hydrogen (secondary N) is 3. The van der Waals surface area contributed by atoms with E-state index < -0.39 is 151 Å². The number of methoxy groups -OCH3 is 2. The van der Waals surface area contributed by atoms with E-state index in [0.717, 1.165) is 17.2 Å². The molecule has 4 bridgehead atoms. The Morgan fingerprint density at radius 2 is 1.28 bits per heavy atom. The van der Waals surface area contributed by atoms with Crippen molar-refractivity contribution < 1.29 is 137 Å². The summed E-state index contributed by atoms with van der Waals surface area (Å²) in [5, 5.41) is 80.8. The molecule has 10 N–H and O–H groups in total. The molecule has 2 aromatic rings. The smallest absolute Gasteiger partial charge is 2.00 e. The second-order valence-corrected chi connectivity index (χ2v) is 18.5. The number of aromatic hydroxyl groups is 2. The minimum atomic E-state index is -1.30. The second-order valence-electron chi connectivity index (χ2n) is 18.5. The molecule has 8 unspecified atom stereocenters. The van der Waals surface area contributed by atoms with Crippen molar-refractivity contribution in [3.05, 3.63) is 53.3 Å². The number of phenols is 2. The number of carbonyl (C=O) groups excluding carboxylic acids is 5. The van der Waals surface area contributed by atoms with Crippen LogP contribution in [0.1, 0.15) is 63.9 Å². The van der Waals surface area contributed by atoms with Crippen molar-refractivity contribution in [2.75, 3.05) is 78.5 Å². The first-order valence-electron chi connectivity index (χ1n) is 24.2. The van der Waals surface area contributed by atoms with E-state index in [1.807, 2.05) is 0 Å². The van der Waals surface area contributed by atoms with Gasteiger partial charge in [0.15, 0.2) is 12.4 Å². The third-order valence-electron chi connectivity index (χ3n) is 12.7. The number of ether oxygens (including phenoxy) is 5. The van der Waals surface area contributed by atoms with Gasteiger partial charge in [0.05, 0.1) is 68.9 Å². The topological polar surface area (TPSA) is 481 Å². The minimum Gasteiger partial charge on any atom is -2.00 e. The van der Waals surface area contributed by atoms with E-state index in [1.54, 1.807) is 33.8 Å². The molecule has 81 heavy (non-hydrogen) atoms. The van der Waals surface area contributed by atoms with Crippen molar-refractivity contribution in [3.63, 3.8) is 0 Å². The van der Waals surface area contributed by atoms with E-state index in [1.165, 1.54) is 58.1 Å². The zero-order chi connectivity index (χ0) is 57.1. The van der Waals surface area contributed by atoms with Crippen molar-refractivity contribution in [1.82, 2.24) is 20.4 Å². The van der Waals surface area contributed by atoms with Gasteiger partial charge in [0.2, 0.25) is 5.91 Å². The zero-order valence-electron chi connectivity index (χ0n) is 46.0. The maximum atomic E-state index is 14.3. The van der Waals surface area contributed by atoms with Gasteiger partial charge in [-0.2, -0.15) is 0 Å². The van der Waals surface area contributed by atoms with Crippen molar-refractivity contribution in [2.24, 2.45) is 23.7 Å². The number of aliphatic hydroxyl groups is 2. The molecular formula is C51H71FeN5O24-6. The molecule has 4 rings (SSSR count). The molecule has 458 valence electrons. The summed E-state index contributed by atoms with van der Waals surface area (Å²) in [6.07, 6.45) is 2.85. The molecule has 0 fully saturated rings. The van der Waals surface area contributed by atoms with Crippen LogP contribution in [0.25, 0.3) is 10.8 Å². The number of hydrogen-bond donors (Lipinski definition) is 10. The standard InChI is InChI=1S/C51H71N5O20.Fe.4O/c1-26-12-10-13-27(2)50(70)54-33-20-35(75-25-37(59)53-16-11-15-52-36(58)21-55(22-38(60)61)17-18-56(23-39(62)63)24-40(64)65)41-42(47(33)69)46(68)31(6)49(73-9)43(41)51(71)74-19-14-34(72-8)28(3)48(76-32(7)57)30(5)45(67)29(4)44(26)66;;;;;/h10,12-14,19-20,26,28-30,34,44-45,48,66-69H,11,15-18,21-25H2,1-9H3,(H,52,58)(H,53,59)(H,54,70)(H,60,61)(H,62,63)(H,64,65);;;;;/q;+2;4*-2/b12-10+,19-14+,27-13-;;;;;. The quantitative estimate of drug-likeness (QED) is 0.0364. The first kappa shape index (κ1) is 78.3. The molecule has 0 radical (unpaired) electrons. The van der Waals surface area contributed by atoms with Gasteiger partial charge in [-0.05, 0) is 26.3 Å². The van der Waals surface area contributed by atoms with Crippen LogP contribution in [0.3, 0.4) is 0 Å². The molecule has 0 spiro atoms. The summed E-state index contributed by atoms with van der Waals surface area (Å²) in [7, 11) is 2.56. The number of fused-ring (bicyclic) bond motifs is 15. The normalized spacial score (nSPS) is 21.8. The Kier molecular flexibility index (Phi) is 35.9. The molecule has 3 amide bonds. The summed E-state index contributed by atoms with van der Waals surface area (Å²) in [5.74, 6) is -12.4. The largest absolute Gasteiger partial charge is 2.00 e. The van der Waals surface area contributed by atoms with Crippen molar-refractivity contribution in [3.8, 4) is 23.0 Å². The van der Waals surface area contributed by atoms with Crippen LogP contribution in [-0.2, 0) is 86.7 Å². The van der Waals surface area contributed by atoms with Crippen LogP contribution >= 0.6 is 0 Å². The average molecular weight is 1190 g/mol. The SMILES string of the molecule is COc1c(C)c(O)c2c(O)c3cc(OCC(=O)NCCCNC(=O)CN(CCN(CC(=O)O)CC(=O)O)CC(=O)O)c2c1C(=O)O/C=C/C(OC)C(C)C(OC(C)=O)C(C)C(O)C(C)C(O)C(C)/C=C/C=C(/C)C(=O)N3.[Fe+2].[O-2].[O-2].[O-2].[O-2]. The van der Waals surface area contributed by atoms with E-state index in [2.05, 4.69) is 16.0 Å². The van der Waals surface area contributed by atoms with Gasteiger partial charge in [-0.25, -0.2) is 4.79 Å². The monoisotopic (exact) mass is 1190 g/mol. The van der Waals surface area contributed by atoms with E-state index in [0.29, 0.717) is 0 Å². The number of aliphatic hydroxyl groups excluding tert-OH is 2. The van der Waals surface area contributed by atoms with Crippen LogP contribution in [0.2, 0.25) is 0 Å². The molecule has 2 heterocycles. The predicted molar refractivity (Wildman–Crippen MR) is 274 cm³/mol. The Bertz CT molecular complexity index is 2530. The minimum absolute atomic E-state index is 0. The number of carbonyl (C=O) groups is 8. The number of benzene rings is 2. The summed E-state index contributed by atoms with van der Waals surface area (Å²) < 4.78 is 28.6. The van der Waals surface area contributed by atoms with Crippen LogP contribution in [0.15, 0.2) is 42.2 Å².